The van der Waals surface area contributed by atoms with E-state index in [1.165, 1.54) is 12.1 Å². The molecule has 2 bridgehead atoms. The Hall–Kier alpha value is -3.48. The van der Waals surface area contributed by atoms with E-state index in [2.05, 4.69) is 23.7 Å². The van der Waals surface area contributed by atoms with E-state index in [4.69, 9.17) is 22.3 Å². The van der Waals surface area contributed by atoms with Gasteiger partial charge < -0.3 is 9.47 Å². The topological polar surface area (TPSA) is 42.0 Å². The molecule has 4 unspecified atom stereocenters. The number of terminal acetylenes is 2. The van der Waals surface area contributed by atoms with Gasteiger partial charge in [-0.25, -0.2) is 9.18 Å². The van der Waals surface area contributed by atoms with Crippen LogP contribution >= 0.6 is 0 Å². The fourth-order valence-corrected chi connectivity index (χ4v) is 6.20. The number of hydrogen-bond acceptors (Lipinski definition) is 4. The Morgan fingerprint density at radius 3 is 2.75 bits per heavy atom. The van der Waals surface area contributed by atoms with E-state index < -0.39 is 5.41 Å². The minimum Gasteiger partial charge on any atom is -0.481 e. The molecule has 6 atom stereocenters. The summed E-state index contributed by atoms with van der Waals surface area (Å²) >= 11 is 0. The van der Waals surface area contributed by atoms with Crippen LogP contribution in [0.25, 0.3) is 0 Å². The molecule has 186 valence electrons. The molecule has 5 nitrogen and oxygen atoms in total. The van der Waals surface area contributed by atoms with Crippen molar-refractivity contribution < 1.29 is 18.7 Å². The average molecular weight is 487 g/mol. The molecule has 3 saturated heterocycles. The minimum atomic E-state index is -0.551. The molecule has 1 aromatic rings. The van der Waals surface area contributed by atoms with Crippen molar-refractivity contribution in [3.63, 3.8) is 0 Å². The molecule has 0 radical (unpaired) electrons. The first-order chi connectivity index (χ1) is 17.4. The Morgan fingerprint density at radius 1 is 1.25 bits per heavy atom. The molecule has 1 aliphatic carbocycles. The number of allylic oxidation sites excluding steroid dienone is 2. The number of amides is 1. The lowest BCUT2D eigenvalue weighted by Crippen LogP contribution is -2.58. The zero-order chi connectivity index (χ0) is 25.3. The van der Waals surface area contributed by atoms with Gasteiger partial charge in [0.1, 0.15) is 24.3 Å². The lowest BCUT2D eigenvalue weighted by atomic mass is 9.68. The van der Waals surface area contributed by atoms with Crippen LogP contribution in [0.3, 0.4) is 0 Å². The van der Waals surface area contributed by atoms with Gasteiger partial charge in [0.25, 0.3) is 0 Å². The highest BCUT2D eigenvalue weighted by atomic mass is 19.1. The highest BCUT2D eigenvalue weighted by Crippen LogP contribution is 2.51. The monoisotopic (exact) mass is 486 g/mol. The summed E-state index contributed by atoms with van der Waals surface area (Å²) in [6, 6.07) is 6.36. The van der Waals surface area contributed by atoms with Crippen LogP contribution in [0.1, 0.15) is 37.8 Å². The molecule has 0 N–H and O–H groups in total. The fraction of sp³-hybridized carbons (Fsp3) is 0.433. The maximum atomic E-state index is 13.8. The Kier molecular flexibility index (Phi) is 6.65. The number of benzene rings is 1. The molecular weight excluding hydrogens is 455 g/mol. The van der Waals surface area contributed by atoms with Gasteiger partial charge in [0.05, 0.1) is 6.04 Å². The summed E-state index contributed by atoms with van der Waals surface area (Å²) in [4.78, 5) is 17.8. The quantitative estimate of drug-likeness (QED) is 0.559. The van der Waals surface area contributed by atoms with Crippen LogP contribution in [0.5, 0.6) is 0 Å². The highest BCUT2D eigenvalue weighted by molar-refractivity contribution is 5.70. The van der Waals surface area contributed by atoms with Crippen molar-refractivity contribution in [1.29, 1.82) is 0 Å². The van der Waals surface area contributed by atoms with Crippen molar-refractivity contribution in [1.82, 2.24) is 9.80 Å². The summed E-state index contributed by atoms with van der Waals surface area (Å²) in [5.41, 5.74) is 1.32. The van der Waals surface area contributed by atoms with Gasteiger partial charge in [0, 0.05) is 36.9 Å². The van der Waals surface area contributed by atoms with E-state index >= 15 is 0 Å². The smallest absolute Gasteiger partial charge is 0.410 e. The number of ether oxygens (including phenoxy) is 2. The lowest BCUT2D eigenvalue weighted by molar-refractivity contribution is -0.0716. The molecule has 6 rings (SSSR count). The molecule has 1 aromatic carbocycles. The maximum Gasteiger partial charge on any atom is 0.410 e. The number of piperidine rings is 3. The van der Waals surface area contributed by atoms with E-state index in [1.807, 2.05) is 24.3 Å². The first-order valence-electron chi connectivity index (χ1n) is 12.5. The van der Waals surface area contributed by atoms with Crippen LogP contribution in [-0.2, 0) is 9.47 Å². The molecule has 0 saturated carbocycles. The summed E-state index contributed by atoms with van der Waals surface area (Å²) in [6.07, 6.45) is 21.0. The van der Waals surface area contributed by atoms with Crippen molar-refractivity contribution in [3.8, 4) is 24.7 Å². The van der Waals surface area contributed by atoms with Gasteiger partial charge in [-0.15, -0.1) is 18.8 Å². The Morgan fingerprint density at radius 2 is 2.06 bits per heavy atom. The predicted molar refractivity (Wildman–Crippen MR) is 136 cm³/mol. The van der Waals surface area contributed by atoms with Gasteiger partial charge in [-0.3, -0.25) is 9.80 Å². The first kappa shape index (κ1) is 24.2. The lowest BCUT2D eigenvalue weighted by Gasteiger charge is -2.50. The van der Waals surface area contributed by atoms with Crippen LogP contribution in [0, 0.1) is 41.8 Å². The van der Waals surface area contributed by atoms with Gasteiger partial charge in [0.2, 0.25) is 0 Å². The van der Waals surface area contributed by atoms with Gasteiger partial charge >= 0.3 is 6.09 Å². The number of hydrogen-bond donors (Lipinski definition) is 0. The second-order valence-electron chi connectivity index (χ2n) is 10.2. The van der Waals surface area contributed by atoms with E-state index in [1.54, 1.807) is 17.0 Å². The van der Waals surface area contributed by atoms with E-state index in [-0.39, 0.29) is 30.7 Å². The maximum absolute atomic E-state index is 13.8. The fourth-order valence-electron chi connectivity index (χ4n) is 6.20. The molecule has 4 aliphatic heterocycles. The normalized spacial score (nSPS) is 32.4. The minimum absolute atomic E-state index is 0.155. The number of nitrogens with zero attached hydrogens (tertiary/aromatic N) is 2. The summed E-state index contributed by atoms with van der Waals surface area (Å²) in [7, 11) is 0. The third-order valence-corrected chi connectivity index (χ3v) is 8.07. The third-order valence-electron chi connectivity index (χ3n) is 8.07. The highest BCUT2D eigenvalue weighted by Gasteiger charge is 2.47. The van der Waals surface area contributed by atoms with E-state index in [9.17, 15) is 9.18 Å². The van der Waals surface area contributed by atoms with Crippen LogP contribution < -0.4 is 0 Å². The van der Waals surface area contributed by atoms with Crippen molar-refractivity contribution in [2.24, 2.45) is 11.3 Å². The zero-order valence-electron chi connectivity index (χ0n) is 20.5. The molecule has 36 heavy (non-hydrogen) atoms. The van der Waals surface area contributed by atoms with Crippen molar-refractivity contribution >= 4 is 6.09 Å². The number of carbonyl (C=O) groups is 1. The van der Waals surface area contributed by atoms with E-state index in [0.29, 0.717) is 30.8 Å². The van der Waals surface area contributed by atoms with Crippen molar-refractivity contribution in [3.05, 3.63) is 71.3 Å². The van der Waals surface area contributed by atoms with Crippen molar-refractivity contribution in [2.75, 3.05) is 26.2 Å². The second-order valence-corrected chi connectivity index (χ2v) is 10.2. The molecule has 0 spiro atoms. The number of fused-ring (bicyclic) bond motifs is 4. The van der Waals surface area contributed by atoms with Crippen molar-refractivity contribution in [2.45, 2.75) is 44.4 Å². The SMILES string of the molecule is C#CCOC1=CC2=CCN(C(=O)O[C@@H]3CN4CCC3CC4CC#C)[C@H](c3ccc(F)cc3)C2(C)C=C1. The first-order valence-corrected chi connectivity index (χ1v) is 12.5. The van der Waals surface area contributed by atoms with Crippen LogP contribution in [0.15, 0.2) is 59.9 Å². The molecule has 1 amide bonds. The van der Waals surface area contributed by atoms with Crippen LogP contribution in [0.4, 0.5) is 9.18 Å². The molecule has 0 aromatic heterocycles. The summed E-state index contributed by atoms with van der Waals surface area (Å²) in [6.45, 7) is 4.35. The van der Waals surface area contributed by atoms with Gasteiger partial charge in [0.15, 0.2) is 0 Å². The standard InChI is InChI=1S/C30H31FN2O3/c1-4-6-25-18-22-12-15-32(25)20-27(22)36-29(34)33-16-13-23-19-26(35-17-5-2)11-14-30(23,3)28(33)21-7-9-24(31)10-8-21/h1-2,7-11,13-14,19,22,25,27-28H,6,12,15-18,20H2,3H3/t22?,25?,27-,28-,30?/m1/s1. The molecule has 4 heterocycles. The average Bonchev–Trinajstić information content (AvgIpc) is 2.88. The Balaban J connectivity index is 1.41. The Bertz CT molecular complexity index is 1190. The largest absolute Gasteiger partial charge is 0.481 e. The summed E-state index contributed by atoms with van der Waals surface area (Å²) < 4.78 is 25.6. The van der Waals surface area contributed by atoms with Crippen LogP contribution in [-0.4, -0.2) is 54.3 Å². The summed E-state index contributed by atoms with van der Waals surface area (Å²) in [5.74, 6) is 5.95. The third kappa shape index (κ3) is 4.43. The van der Waals surface area contributed by atoms with Crippen LogP contribution in [0.2, 0.25) is 0 Å². The second kappa shape index (κ2) is 9.88. The molecule has 3 fully saturated rings. The molecule has 6 heteroatoms. The number of carbonyl (C=O) groups excluding carboxylic acids is 1. The Labute approximate surface area is 212 Å². The zero-order valence-corrected chi connectivity index (χ0v) is 20.5. The number of rotatable bonds is 5. The van der Waals surface area contributed by atoms with Gasteiger partial charge in [-0.2, -0.15) is 0 Å². The van der Waals surface area contributed by atoms with Gasteiger partial charge in [-0.05, 0) is 61.7 Å². The molecule has 5 aliphatic rings. The summed E-state index contributed by atoms with van der Waals surface area (Å²) in [5, 5.41) is 0. The number of halogens is 1. The predicted octanol–water partition coefficient (Wildman–Crippen LogP) is 4.84. The van der Waals surface area contributed by atoms with Gasteiger partial charge in [-0.1, -0.05) is 30.2 Å². The molecular formula is C30H31FN2O3. The van der Waals surface area contributed by atoms with E-state index in [0.717, 1.165) is 36.9 Å².